The van der Waals surface area contributed by atoms with Gasteiger partial charge in [-0.3, -0.25) is 0 Å². The summed E-state index contributed by atoms with van der Waals surface area (Å²) in [6.07, 6.45) is 13.2. The van der Waals surface area contributed by atoms with Crippen molar-refractivity contribution in [2.24, 2.45) is 0 Å². The molecular formula is C61H60BN3. The van der Waals surface area contributed by atoms with E-state index in [1.165, 1.54) is 147 Å². The smallest absolute Gasteiger partial charge is 0.252 e. The van der Waals surface area contributed by atoms with Crippen LogP contribution in [0.4, 0.5) is 0 Å². The van der Waals surface area contributed by atoms with Crippen LogP contribution in [0.15, 0.2) is 121 Å². The fourth-order valence-electron chi connectivity index (χ4n) is 12.9. The van der Waals surface area contributed by atoms with Crippen LogP contribution in [0, 0.1) is 0 Å². The van der Waals surface area contributed by atoms with Crippen molar-refractivity contribution in [3.8, 4) is 33.9 Å². The Morgan fingerprint density at radius 1 is 0.462 bits per heavy atom. The highest BCUT2D eigenvalue weighted by atomic mass is 15.0. The first-order valence-electron chi connectivity index (χ1n) is 25.0. The average Bonchev–Trinajstić information content (AvgIpc) is 3.84. The van der Waals surface area contributed by atoms with Crippen LogP contribution in [0.25, 0.3) is 77.5 Å². The van der Waals surface area contributed by atoms with Crippen molar-refractivity contribution in [1.82, 2.24) is 14.1 Å². The molecule has 0 unspecified atom stereocenters. The summed E-state index contributed by atoms with van der Waals surface area (Å²) in [7, 11) is 0. The second kappa shape index (κ2) is 14.3. The second-order valence-electron chi connectivity index (χ2n) is 22.5. The third kappa shape index (κ3) is 6.04. The van der Waals surface area contributed by atoms with E-state index in [0.717, 1.165) is 22.5 Å². The van der Waals surface area contributed by atoms with E-state index in [1.807, 2.05) is 0 Å². The zero-order valence-corrected chi connectivity index (χ0v) is 39.2. The van der Waals surface area contributed by atoms with Gasteiger partial charge in [0, 0.05) is 55.1 Å². The van der Waals surface area contributed by atoms with Crippen molar-refractivity contribution in [2.75, 3.05) is 0 Å². The quantitative estimate of drug-likeness (QED) is 0.162. The molecule has 2 fully saturated rings. The van der Waals surface area contributed by atoms with E-state index < -0.39 is 0 Å². The third-order valence-electron chi connectivity index (χ3n) is 16.4. The lowest BCUT2D eigenvalue weighted by molar-refractivity contribution is 0.444. The summed E-state index contributed by atoms with van der Waals surface area (Å²) in [5.74, 6) is 1.19. The van der Waals surface area contributed by atoms with Gasteiger partial charge >= 0.3 is 0 Å². The van der Waals surface area contributed by atoms with Crippen LogP contribution in [-0.4, -0.2) is 20.8 Å². The Balaban J connectivity index is 1.19. The van der Waals surface area contributed by atoms with E-state index >= 15 is 0 Å². The monoisotopic (exact) mass is 845 g/mol. The molecule has 0 N–H and O–H groups in total. The van der Waals surface area contributed by atoms with Gasteiger partial charge in [-0.15, -0.1) is 0 Å². The number of hydrogen-bond donors (Lipinski definition) is 0. The summed E-state index contributed by atoms with van der Waals surface area (Å²) in [6.45, 7) is 14.3. The lowest BCUT2D eigenvalue weighted by Crippen LogP contribution is -2.59. The van der Waals surface area contributed by atoms with Gasteiger partial charge in [0.25, 0.3) is 6.71 Å². The molecular weight excluding hydrogens is 786 g/mol. The van der Waals surface area contributed by atoms with E-state index in [-0.39, 0.29) is 17.5 Å². The van der Waals surface area contributed by atoms with Gasteiger partial charge in [0.2, 0.25) is 0 Å². The molecule has 5 heterocycles. The van der Waals surface area contributed by atoms with E-state index in [4.69, 9.17) is 4.98 Å². The van der Waals surface area contributed by atoms with Crippen molar-refractivity contribution in [3.63, 3.8) is 0 Å². The van der Waals surface area contributed by atoms with Crippen molar-refractivity contribution in [2.45, 2.75) is 128 Å². The molecule has 0 spiro atoms. The first kappa shape index (κ1) is 39.5. The van der Waals surface area contributed by atoms with Crippen molar-refractivity contribution < 1.29 is 0 Å². The number of fused-ring (bicyclic) bond motifs is 10. The van der Waals surface area contributed by atoms with Crippen LogP contribution in [0.1, 0.15) is 140 Å². The SMILES string of the molecule is CC(C)(C)c1ccc2c(c1)c1cc(C3CCCCC3)cc3c1n2-c1cc(-c2cccc(-c4ccccc4)n2)cc2c1B3c1cc(C3CCCCC3)cc3c4cc(C(C)(C)C)ccc4n-2c13. The highest BCUT2D eigenvalue weighted by Gasteiger charge is 2.43. The minimum absolute atomic E-state index is 0.0361. The van der Waals surface area contributed by atoms with Gasteiger partial charge < -0.3 is 9.13 Å². The molecule has 65 heavy (non-hydrogen) atoms. The molecule has 0 bridgehead atoms. The second-order valence-corrected chi connectivity index (χ2v) is 22.5. The fourth-order valence-corrected chi connectivity index (χ4v) is 12.9. The van der Waals surface area contributed by atoms with Gasteiger partial charge in [0.05, 0.1) is 22.4 Å². The summed E-state index contributed by atoms with van der Waals surface area (Å²) < 4.78 is 5.38. The molecule has 2 aliphatic carbocycles. The summed E-state index contributed by atoms with van der Waals surface area (Å²) in [5.41, 5.74) is 22.7. The molecule has 0 saturated heterocycles. The zero-order valence-electron chi connectivity index (χ0n) is 39.2. The molecule has 3 nitrogen and oxygen atoms in total. The highest BCUT2D eigenvalue weighted by molar-refractivity contribution is 7.00. The molecule has 0 amide bonds. The number of hydrogen-bond acceptors (Lipinski definition) is 1. The third-order valence-corrected chi connectivity index (χ3v) is 16.4. The largest absolute Gasteiger partial charge is 0.310 e. The van der Waals surface area contributed by atoms with E-state index in [2.05, 4.69) is 172 Å². The van der Waals surface area contributed by atoms with E-state index in [9.17, 15) is 0 Å². The molecule has 6 aromatic carbocycles. The highest BCUT2D eigenvalue weighted by Crippen LogP contribution is 2.45. The zero-order chi connectivity index (χ0) is 43.9. The molecule has 3 aromatic heterocycles. The van der Waals surface area contributed by atoms with Crippen LogP contribution >= 0.6 is 0 Å². The molecule has 2 saturated carbocycles. The Kier molecular flexibility index (Phi) is 8.70. The van der Waals surface area contributed by atoms with Crippen LogP contribution in [-0.2, 0) is 10.8 Å². The first-order chi connectivity index (χ1) is 31.5. The fraction of sp³-hybridized carbons (Fsp3) is 0.328. The van der Waals surface area contributed by atoms with E-state index in [0.29, 0.717) is 11.8 Å². The molecule has 2 aliphatic heterocycles. The average molecular weight is 846 g/mol. The maximum absolute atomic E-state index is 5.45. The maximum Gasteiger partial charge on any atom is 0.252 e. The molecule has 4 heteroatoms. The van der Waals surface area contributed by atoms with Crippen LogP contribution in [0.3, 0.4) is 0 Å². The van der Waals surface area contributed by atoms with Crippen LogP contribution in [0.5, 0.6) is 0 Å². The van der Waals surface area contributed by atoms with Gasteiger partial charge in [-0.1, -0.05) is 141 Å². The maximum atomic E-state index is 5.45. The summed E-state index contributed by atoms with van der Waals surface area (Å²) in [4.78, 5) is 5.45. The number of benzene rings is 6. The predicted octanol–water partition coefficient (Wildman–Crippen LogP) is 14.4. The normalized spacial score (nSPS) is 16.6. The molecule has 0 atom stereocenters. The molecule has 0 radical (unpaired) electrons. The van der Waals surface area contributed by atoms with Crippen molar-refractivity contribution in [1.29, 1.82) is 0 Å². The predicted molar refractivity (Wildman–Crippen MR) is 277 cm³/mol. The minimum atomic E-state index is 0.0361. The van der Waals surface area contributed by atoms with Gasteiger partial charge in [-0.05, 0) is 148 Å². The Labute approximate surface area is 385 Å². The summed E-state index contributed by atoms with van der Waals surface area (Å²) in [5, 5.41) is 5.61. The molecule has 13 rings (SSSR count). The Hall–Kier alpha value is -5.87. The summed E-state index contributed by atoms with van der Waals surface area (Å²) >= 11 is 0. The standard InChI is InChI=1S/C61H60BN3/c1-60(2,3)43-25-27-53-45(35-43)47-29-40(37-17-10-7-11-18-37)31-49-58(47)64(53)55-33-42(52-24-16-23-51(63-52)39-21-14-9-15-22-39)34-56-57(55)62(49)50-32-41(38-19-12-8-13-20-38)30-48-46-36-44(61(4,5)6)26-28-54(46)65(56)59(48)50/h9,14-16,21-38H,7-8,10-13,17-20H2,1-6H3. The molecule has 322 valence electrons. The summed E-state index contributed by atoms with van der Waals surface area (Å²) in [6, 6.07) is 47.7. The van der Waals surface area contributed by atoms with Gasteiger partial charge in [0.15, 0.2) is 0 Å². The lowest BCUT2D eigenvalue weighted by atomic mass is 9.34. The number of rotatable bonds is 4. The Morgan fingerprint density at radius 3 is 1.42 bits per heavy atom. The van der Waals surface area contributed by atoms with Crippen molar-refractivity contribution in [3.05, 3.63) is 144 Å². The topological polar surface area (TPSA) is 22.8 Å². The lowest BCUT2D eigenvalue weighted by Gasteiger charge is -2.35. The van der Waals surface area contributed by atoms with E-state index in [1.54, 1.807) is 11.1 Å². The number of aromatic nitrogens is 3. The van der Waals surface area contributed by atoms with Gasteiger partial charge in [-0.2, -0.15) is 0 Å². The molecule has 9 aromatic rings. The number of nitrogens with zero attached hydrogens (tertiary/aromatic N) is 3. The van der Waals surface area contributed by atoms with Gasteiger partial charge in [0.1, 0.15) is 0 Å². The first-order valence-corrected chi connectivity index (χ1v) is 25.0. The minimum Gasteiger partial charge on any atom is -0.310 e. The van der Waals surface area contributed by atoms with Crippen LogP contribution in [0.2, 0.25) is 0 Å². The Morgan fingerprint density at radius 2 is 0.938 bits per heavy atom. The van der Waals surface area contributed by atoms with Gasteiger partial charge in [-0.25, -0.2) is 4.98 Å². The Bertz CT molecular complexity index is 3230. The number of pyridine rings is 1. The van der Waals surface area contributed by atoms with Crippen molar-refractivity contribution >= 4 is 66.7 Å². The van der Waals surface area contributed by atoms with Crippen LogP contribution < -0.4 is 16.4 Å². The molecule has 4 aliphatic rings.